The number of hydrogen-bond donors (Lipinski definition) is 0. The Morgan fingerprint density at radius 1 is 1.24 bits per heavy atom. The number of ether oxygens (including phenoxy) is 2. The standard InChI is InChI=1S/C15H26O2/c1-14(2)9-6-10-15(3)12(14)7-5-8-13(15)17-11-16-4/h6,9,12-13H,5,7-8,10-11H2,1-4H3/t12-,13-,15-/m0/s1. The van der Waals surface area contributed by atoms with Crippen LogP contribution in [0.2, 0.25) is 0 Å². The molecule has 0 aromatic rings. The fourth-order valence-corrected chi connectivity index (χ4v) is 4.04. The van der Waals surface area contributed by atoms with Crippen molar-refractivity contribution in [2.75, 3.05) is 13.9 Å². The first-order chi connectivity index (χ1) is 8.00. The van der Waals surface area contributed by atoms with Crippen LogP contribution in [0.4, 0.5) is 0 Å². The molecular formula is C15H26O2. The van der Waals surface area contributed by atoms with Crippen LogP contribution in [-0.2, 0) is 9.47 Å². The van der Waals surface area contributed by atoms with E-state index >= 15 is 0 Å². The second-order valence-electron chi connectivity index (χ2n) is 6.48. The Bertz CT molecular complexity index is 295. The number of methoxy groups -OCH3 is 1. The van der Waals surface area contributed by atoms with Crippen LogP contribution in [-0.4, -0.2) is 20.0 Å². The van der Waals surface area contributed by atoms with Gasteiger partial charge in [0.05, 0.1) is 6.10 Å². The van der Waals surface area contributed by atoms with Gasteiger partial charge in [0.2, 0.25) is 0 Å². The monoisotopic (exact) mass is 238 g/mol. The molecule has 0 heterocycles. The van der Waals surface area contributed by atoms with Crippen molar-refractivity contribution in [3.63, 3.8) is 0 Å². The molecule has 2 rings (SSSR count). The van der Waals surface area contributed by atoms with Gasteiger partial charge in [-0.1, -0.05) is 39.3 Å². The molecule has 2 aliphatic rings. The summed E-state index contributed by atoms with van der Waals surface area (Å²) in [6, 6.07) is 0. The zero-order valence-electron chi connectivity index (χ0n) is 11.7. The van der Waals surface area contributed by atoms with Crippen LogP contribution in [0.25, 0.3) is 0 Å². The molecule has 0 saturated heterocycles. The minimum Gasteiger partial charge on any atom is -0.359 e. The molecule has 0 N–H and O–H groups in total. The van der Waals surface area contributed by atoms with Crippen molar-refractivity contribution in [3.05, 3.63) is 12.2 Å². The van der Waals surface area contributed by atoms with Crippen LogP contribution in [0, 0.1) is 16.7 Å². The lowest BCUT2D eigenvalue weighted by Gasteiger charge is -2.54. The molecule has 3 atom stereocenters. The van der Waals surface area contributed by atoms with Gasteiger partial charge in [0, 0.05) is 12.5 Å². The molecule has 98 valence electrons. The SMILES string of the molecule is COCO[C@H]1CCC[C@H]2C(C)(C)C=CC[C@]12C. The quantitative estimate of drug-likeness (QED) is 0.550. The van der Waals surface area contributed by atoms with Gasteiger partial charge in [0.1, 0.15) is 6.79 Å². The van der Waals surface area contributed by atoms with Crippen LogP contribution in [0.3, 0.4) is 0 Å². The molecule has 0 unspecified atom stereocenters. The third-order valence-corrected chi connectivity index (χ3v) is 4.88. The number of rotatable bonds is 3. The molecule has 0 radical (unpaired) electrons. The van der Waals surface area contributed by atoms with Crippen molar-refractivity contribution in [2.45, 2.75) is 52.6 Å². The topological polar surface area (TPSA) is 18.5 Å². The highest BCUT2D eigenvalue weighted by Gasteiger charge is 2.50. The Morgan fingerprint density at radius 3 is 2.71 bits per heavy atom. The fourth-order valence-electron chi connectivity index (χ4n) is 4.04. The third kappa shape index (κ3) is 2.30. The zero-order valence-corrected chi connectivity index (χ0v) is 11.7. The van der Waals surface area contributed by atoms with Crippen LogP contribution < -0.4 is 0 Å². The predicted molar refractivity (Wildman–Crippen MR) is 69.7 cm³/mol. The molecule has 17 heavy (non-hydrogen) atoms. The van der Waals surface area contributed by atoms with Gasteiger partial charge < -0.3 is 9.47 Å². The average Bonchev–Trinajstić information content (AvgIpc) is 2.26. The van der Waals surface area contributed by atoms with Crippen molar-refractivity contribution in [1.29, 1.82) is 0 Å². The second kappa shape index (κ2) is 4.74. The number of allylic oxidation sites excluding steroid dienone is 2. The fraction of sp³-hybridized carbons (Fsp3) is 0.867. The molecule has 0 amide bonds. The molecule has 2 heteroatoms. The summed E-state index contributed by atoms with van der Waals surface area (Å²) in [4.78, 5) is 0. The summed E-state index contributed by atoms with van der Waals surface area (Å²) < 4.78 is 11.0. The van der Waals surface area contributed by atoms with E-state index in [9.17, 15) is 0 Å². The lowest BCUT2D eigenvalue weighted by molar-refractivity contribution is -0.159. The molecular weight excluding hydrogens is 212 g/mol. The normalized spacial score (nSPS) is 40.0. The van der Waals surface area contributed by atoms with E-state index in [4.69, 9.17) is 9.47 Å². The minimum atomic E-state index is 0.287. The number of fused-ring (bicyclic) bond motifs is 1. The van der Waals surface area contributed by atoms with Crippen molar-refractivity contribution >= 4 is 0 Å². The molecule has 0 spiro atoms. The van der Waals surface area contributed by atoms with Crippen molar-refractivity contribution in [1.82, 2.24) is 0 Å². The Balaban J connectivity index is 2.20. The Labute approximate surface area is 105 Å². The summed E-state index contributed by atoms with van der Waals surface area (Å²) in [5.41, 5.74) is 0.594. The summed E-state index contributed by atoms with van der Waals surface area (Å²) in [6.07, 6.45) is 10.1. The van der Waals surface area contributed by atoms with Gasteiger partial charge in [-0.15, -0.1) is 0 Å². The van der Waals surface area contributed by atoms with Gasteiger partial charge >= 0.3 is 0 Å². The summed E-state index contributed by atoms with van der Waals surface area (Å²) in [5.74, 6) is 0.732. The smallest absolute Gasteiger partial charge is 0.146 e. The average molecular weight is 238 g/mol. The van der Waals surface area contributed by atoms with Gasteiger partial charge in [-0.3, -0.25) is 0 Å². The highest BCUT2D eigenvalue weighted by Crippen LogP contribution is 2.55. The van der Waals surface area contributed by atoms with Gasteiger partial charge in [-0.25, -0.2) is 0 Å². The molecule has 0 bridgehead atoms. The van der Waals surface area contributed by atoms with Crippen molar-refractivity contribution < 1.29 is 9.47 Å². The summed E-state index contributed by atoms with van der Waals surface area (Å²) in [6.45, 7) is 7.56. The molecule has 2 aliphatic carbocycles. The highest BCUT2D eigenvalue weighted by atomic mass is 16.7. The molecule has 0 aliphatic heterocycles. The summed E-state index contributed by atoms with van der Waals surface area (Å²) >= 11 is 0. The Hall–Kier alpha value is -0.340. The summed E-state index contributed by atoms with van der Waals surface area (Å²) in [5, 5.41) is 0. The van der Waals surface area contributed by atoms with Gasteiger partial charge in [0.25, 0.3) is 0 Å². The lowest BCUT2D eigenvalue weighted by atomic mass is 9.53. The van der Waals surface area contributed by atoms with Crippen LogP contribution in [0.5, 0.6) is 0 Å². The van der Waals surface area contributed by atoms with Crippen LogP contribution >= 0.6 is 0 Å². The van der Waals surface area contributed by atoms with Gasteiger partial charge in [-0.05, 0) is 30.6 Å². The summed E-state index contributed by atoms with van der Waals surface area (Å²) in [7, 11) is 1.70. The maximum atomic E-state index is 5.94. The molecule has 1 fully saturated rings. The van der Waals surface area contributed by atoms with E-state index in [-0.39, 0.29) is 5.41 Å². The van der Waals surface area contributed by atoms with E-state index < -0.39 is 0 Å². The van der Waals surface area contributed by atoms with E-state index in [0.29, 0.717) is 18.3 Å². The van der Waals surface area contributed by atoms with Gasteiger partial charge in [-0.2, -0.15) is 0 Å². The molecule has 2 nitrogen and oxygen atoms in total. The highest BCUT2D eigenvalue weighted by molar-refractivity contribution is 5.13. The molecule has 1 saturated carbocycles. The van der Waals surface area contributed by atoms with Gasteiger partial charge in [0.15, 0.2) is 0 Å². The molecule has 0 aromatic carbocycles. The Kier molecular flexibility index (Phi) is 3.65. The second-order valence-corrected chi connectivity index (χ2v) is 6.48. The van der Waals surface area contributed by atoms with Crippen LogP contribution in [0.15, 0.2) is 12.2 Å². The first-order valence-electron chi connectivity index (χ1n) is 6.79. The third-order valence-electron chi connectivity index (χ3n) is 4.88. The largest absolute Gasteiger partial charge is 0.359 e. The van der Waals surface area contributed by atoms with E-state index in [0.717, 1.165) is 12.3 Å². The first kappa shape index (κ1) is 13.1. The maximum absolute atomic E-state index is 5.94. The van der Waals surface area contributed by atoms with E-state index in [2.05, 4.69) is 32.9 Å². The van der Waals surface area contributed by atoms with Crippen molar-refractivity contribution in [3.8, 4) is 0 Å². The maximum Gasteiger partial charge on any atom is 0.146 e. The first-order valence-corrected chi connectivity index (χ1v) is 6.79. The van der Waals surface area contributed by atoms with E-state index in [1.165, 1.54) is 19.3 Å². The Morgan fingerprint density at radius 2 is 2.00 bits per heavy atom. The number of hydrogen-bond acceptors (Lipinski definition) is 2. The lowest BCUT2D eigenvalue weighted by Crippen LogP contribution is -2.50. The van der Waals surface area contributed by atoms with Crippen molar-refractivity contribution in [2.24, 2.45) is 16.7 Å². The predicted octanol–water partition coefficient (Wildman–Crippen LogP) is 3.77. The van der Waals surface area contributed by atoms with Crippen LogP contribution in [0.1, 0.15) is 46.5 Å². The molecule has 0 aromatic heterocycles. The van der Waals surface area contributed by atoms with E-state index in [1.54, 1.807) is 7.11 Å². The minimum absolute atomic E-state index is 0.287. The zero-order chi connectivity index (χ0) is 12.5. The van der Waals surface area contributed by atoms with E-state index in [1.807, 2.05) is 0 Å².